The number of thioether (sulfide) groups is 1. The molecule has 0 radical (unpaired) electrons. The average Bonchev–Trinajstić information content (AvgIpc) is 3.18. The minimum Gasteiger partial charge on any atom is -0.421 e. The Labute approximate surface area is 180 Å². The molecule has 2 amide bonds. The van der Waals surface area contributed by atoms with Crippen LogP contribution in [0.1, 0.15) is 22.3 Å². The zero-order valence-corrected chi connectivity index (χ0v) is 17.2. The number of ether oxygens (including phenoxy) is 1. The fraction of sp³-hybridized carbons (Fsp3) is 0.100. The Morgan fingerprint density at radius 3 is 2.52 bits per heavy atom. The number of fused-ring (bicyclic) bond motifs is 1. The molecule has 2 aliphatic heterocycles. The van der Waals surface area contributed by atoms with Crippen molar-refractivity contribution in [2.75, 3.05) is 11.9 Å². The molecule has 1 saturated heterocycles. The van der Waals surface area contributed by atoms with Crippen LogP contribution in [0.4, 0.5) is 5.69 Å². The van der Waals surface area contributed by atoms with Crippen LogP contribution in [0.15, 0.2) is 53.4 Å². The highest BCUT2D eigenvalue weighted by molar-refractivity contribution is 8.26. The largest absolute Gasteiger partial charge is 0.421 e. The second kappa shape index (κ2) is 7.98. The van der Waals surface area contributed by atoms with Crippen LogP contribution in [-0.2, 0) is 14.3 Å². The normalized spacial score (nSPS) is 18.1. The first-order valence-corrected chi connectivity index (χ1v) is 10.2. The van der Waals surface area contributed by atoms with E-state index in [1.54, 1.807) is 48.5 Å². The van der Waals surface area contributed by atoms with Crippen LogP contribution < -0.4 is 5.32 Å². The highest BCUT2D eigenvalue weighted by atomic mass is 35.5. The van der Waals surface area contributed by atoms with Gasteiger partial charge in [0, 0.05) is 29.2 Å². The molecular weight excluding hydrogens is 432 g/mol. The zero-order chi connectivity index (χ0) is 20.5. The molecule has 6 nitrogen and oxygen atoms in total. The molecule has 2 heterocycles. The topological polar surface area (TPSA) is 75.7 Å². The summed E-state index contributed by atoms with van der Waals surface area (Å²) in [6, 6.07) is 13.6. The summed E-state index contributed by atoms with van der Waals surface area (Å²) in [4.78, 5) is 38.7. The highest BCUT2D eigenvalue weighted by Crippen LogP contribution is 2.41. The monoisotopic (exact) mass is 444 g/mol. The summed E-state index contributed by atoms with van der Waals surface area (Å²) in [6.45, 7) is 0.121. The quantitative estimate of drug-likeness (QED) is 0.435. The molecule has 2 aromatic rings. The predicted octanol–water partition coefficient (Wildman–Crippen LogP) is 4.07. The fourth-order valence-electron chi connectivity index (χ4n) is 2.93. The van der Waals surface area contributed by atoms with Gasteiger partial charge in [-0.1, -0.05) is 53.8 Å². The van der Waals surface area contributed by atoms with E-state index in [2.05, 4.69) is 5.32 Å². The van der Waals surface area contributed by atoms with Crippen molar-refractivity contribution < 1.29 is 19.1 Å². The number of hydrogen-bond acceptors (Lipinski definition) is 6. The molecule has 0 atom stereocenters. The molecule has 1 N–H and O–H groups in total. The second-order valence-electron chi connectivity index (χ2n) is 6.22. The van der Waals surface area contributed by atoms with Gasteiger partial charge in [0.25, 0.3) is 5.91 Å². The zero-order valence-electron chi connectivity index (χ0n) is 14.8. The summed E-state index contributed by atoms with van der Waals surface area (Å²) in [6.07, 6.45) is 0.0635. The van der Waals surface area contributed by atoms with Gasteiger partial charge in [0.05, 0.1) is 5.56 Å². The van der Waals surface area contributed by atoms with Crippen molar-refractivity contribution in [3.63, 3.8) is 0 Å². The molecular formula is C20H13ClN2O4S2. The SMILES string of the molecule is O=C(CCN1C(=O)/C(=C2/OC(=O)c3ccccc32)SC1=S)Nc1ccc(Cl)cc1. The summed E-state index contributed by atoms with van der Waals surface area (Å²) < 4.78 is 5.64. The third-order valence-corrected chi connectivity index (χ3v) is 6.01. The van der Waals surface area contributed by atoms with E-state index in [9.17, 15) is 14.4 Å². The van der Waals surface area contributed by atoms with E-state index >= 15 is 0 Å². The molecule has 2 aliphatic rings. The number of rotatable bonds is 4. The Morgan fingerprint density at radius 2 is 1.79 bits per heavy atom. The number of nitrogens with one attached hydrogen (secondary N) is 1. The van der Waals surface area contributed by atoms with Gasteiger partial charge in [0.15, 0.2) is 5.76 Å². The summed E-state index contributed by atoms with van der Waals surface area (Å²) in [5, 5.41) is 3.31. The molecule has 29 heavy (non-hydrogen) atoms. The molecule has 0 saturated carbocycles. The molecule has 0 bridgehead atoms. The van der Waals surface area contributed by atoms with Crippen LogP contribution in [0.2, 0.25) is 5.02 Å². The lowest BCUT2D eigenvalue weighted by Crippen LogP contribution is -2.31. The molecule has 0 aromatic heterocycles. The predicted molar refractivity (Wildman–Crippen MR) is 115 cm³/mol. The Balaban J connectivity index is 1.46. The van der Waals surface area contributed by atoms with Gasteiger partial charge in [-0.2, -0.15) is 0 Å². The number of carbonyl (C=O) groups excluding carboxylic acids is 3. The van der Waals surface area contributed by atoms with Crippen molar-refractivity contribution >= 4 is 69.1 Å². The lowest BCUT2D eigenvalue weighted by Gasteiger charge is -2.14. The van der Waals surface area contributed by atoms with Crippen molar-refractivity contribution in [2.45, 2.75) is 6.42 Å². The lowest BCUT2D eigenvalue weighted by atomic mass is 10.1. The van der Waals surface area contributed by atoms with Crippen molar-refractivity contribution in [3.05, 3.63) is 69.6 Å². The van der Waals surface area contributed by atoms with Gasteiger partial charge in [-0.15, -0.1) is 0 Å². The van der Waals surface area contributed by atoms with Crippen LogP contribution in [0.25, 0.3) is 5.76 Å². The number of hydrogen-bond donors (Lipinski definition) is 1. The van der Waals surface area contributed by atoms with Gasteiger partial charge in [-0.25, -0.2) is 4.79 Å². The van der Waals surface area contributed by atoms with Crippen LogP contribution in [0.3, 0.4) is 0 Å². The minimum absolute atomic E-state index is 0.0635. The molecule has 0 unspecified atom stereocenters. The van der Waals surface area contributed by atoms with Gasteiger partial charge in [-0.3, -0.25) is 14.5 Å². The maximum atomic E-state index is 12.8. The van der Waals surface area contributed by atoms with Crippen LogP contribution in [0, 0.1) is 0 Å². The van der Waals surface area contributed by atoms with E-state index in [0.717, 1.165) is 11.8 Å². The number of cyclic esters (lactones) is 1. The summed E-state index contributed by atoms with van der Waals surface area (Å²) >= 11 is 12.2. The third-order valence-electron chi connectivity index (χ3n) is 4.33. The van der Waals surface area contributed by atoms with E-state index in [1.807, 2.05) is 0 Å². The standard InChI is InChI=1S/C20H13ClN2O4S2/c21-11-5-7-12(8-6-11)22-15(24)9-10-23-18(25)17(29-20(23)28)16-13-3-1-2-4-14(13)19(26)27-16/h1-8H,9-10H2,(H,22,24)/b17-16-. The van der Waals surface area contributed by atoms with E-state index in [-0.39, 0.29) is 35.4 Å². The van der Waals surface area contributed by atoms with Crippen molar-refractivity contribution in [1.82, 2.24) is 4.90 Å². The van der Waals surface area contributed by atoms with Crippen LogP contribution >= 0.6 is 35.6 Å². The summed E-state index contributed by atoms with van der Waals surface area (Å²) in [7, 11) is 0. The molecule has 0 aliphatic carbocycles. The fourth-order valence-corrected chi connectivity index (χ4v) is 4.38. The number of nitrogens with zero attached hydrogens (tertiary/aromatic N) is 1. The molecule has 0 spiro atoms. The van der Waals surface area contributed by atoms with Crippen LogP contribution in [0.5, 0.6) is 0 Å². The minimum atomic E-state index is -0.497. The first-order valence-electron chi connectivity index (χ1n) is 8.59. The Hall–Kier alpha value is -2.68. The second-order valence-corrected chi connectivity index (χ2v) is 8.30. The average molecular weight is 445 g/mol. The van der Waals surface area contributed by atoms with E-state index in [4.69, 9.17) is 28.6 Å². The number of benzene rings is 2. The highest BCUT2D eigenvalue weighted by Gasteiger charge is 2.39. The van der Waals surface area contributed by atoms with E-state index in [0.29, 0.717) is 26.2 Å². The number of esters is 1. The maximum Gasteiger partial charge on any atom is 0.344 e. The Bertz CT molecular complexity index is 1080. The van der Waals surface area contributed by atoms with E-state index < -0.39 is 5.97 Å². The van der Waals surface area contributed by atoms with Gasteiger partial charge in [0.1, 0.15) is 9.23 Å². The molecule has 146 valence electrons. The number of thiocarbonyl (C=S) groups is 1. The van der Waals surface area contributed by atoms with Gasteiger partial charge in [-0.05, 0) is 30.3 Å². The van der Waals surface area contributed by atoms with Gasteiger partial charge in [0.2, 0.25) is 5.91 Å². The molecule has 2 aromatic carbocycles. The van der Waals surface area contributed by atoms with Gasteiger partial charge >= 0.3 is 5.97 Å². The molecule has 1 fully saturated rings. The number of amides is 2. The number of halogens is 1. The Morgan fingerprint density at radius 1 is 1.10 bits per heavy atom. The molecule has 9 heteroatoms. The van der Waals surface area contributed by atoms with Crippen LogP contribution in [-0.4, -0.2) is 33.5 Å². The van der Waals surface area contributed by atoms with Crippen molar-refractivity contribution in [1.29, 1.82) is 0 Å². The summed E-state index contributed by atoms with van der Waals surface area (Å²) in [5.41, 5.74) is 1.59. The number of carbonyl (C=O) groups is 3. The smallest absolute Gasteiger partial charge is 0.344 e. The first kappa shape index (κ1) is 19.6. The lowest BCUT2D eigenvalue weighted by molar-refractivity contribution is -0.122. The summed E-state index contributed by atoms with van der Waals surface area (Å²) in [5.74, 6) is -0.912. The van der Waals surface area contributed by atoms with Crippen molar-refractivity contribution in [3.8, 4) is 0 Å². The van der Waals surface area contributed by atoms with Gasteiger partial charge < -0.3 is 10.1 Å². The van der Waals surface area contributed by atoms with Crippen molar-refractivity contribution in [2.24, 2.45) is 0 Å². The number of anilines is 1. The third kappa shape index (κ3) is 3.91. The Kier molecular flexibility index (Phi) is 5.40. The molecule has 4 rings (SSSR count). The first-order chi connectivity index (χ1) is 13.9. The maximum absolute atomic E-state index is 12.8. The van der Waals surface area contributed by atoms with E-state index in [1.165, 1.54) is 4.90 Å².